The number of carbonyl (C=O) groups is 2. The van der Waals surface area contributed by atoms with Gasteiger partial charge in [-0.15, -0.1) is 0 Å². The lowest BCUT2D eigenvalue weighted by Crippen LogP contribution is -2.66. The highest BCUT2D eigenvalue weighted by Crippen LogP contribution is 2.68. The molecule has 1 amide bonds. The number of fused-ring (bicyclic) bond motifs is 5. The topological polar surface area (TPSA) is 122 Å². The second kappa shape index (κ2) is 8.15. The van der Waals surface area contributed by atoms with Gasteiger partial charge in [-0.3, -0.25) is 4.79 Å². The maximum absolute atomic E-state index is 12.3. The zero-order chi connectivity index (χ0) is 23.5. The molecule has 32 heavy (non-hydrogen) atoms. The van der Waals surface area contributed by atoms with Crippen molar-refractivity contribution < 1.29 is 24.5 Å². The summed E-state index contributed by atoms with van der Waals surface area (Å²) < 4.78 is 5.74. The van der Waals surface area contributed by atoms with Gasteiger partial charge in [0.2, 0.25) is 0 Å². The Bertz CT molecular complexity index is 759. The molecular weight excluding hydrogens is 408 g/mol. The Morgan fingerprint density at radius 2 is 1.75 bits per heavy atom. The number of carboxylic acids is 1. The minimum absolute atomic E-state index is 0.0885. The summed E-state index contributed by atoms with van der Waals surface area (Å²) in [4.78, 5) is 24.2. The van der Waals surface area contributed by atoms with Crippen molar-refractivity contribution in [3.05, 3.63) is 0 Å². The lowest BCUT2D eigenvalue weighted by molar-refractivity contribution is -0.157. The first kappa shape index (κ1) is 23.8. The zero-order valence-electron chi connectivity index (χ0n) is 20.1. The lowest BCUT2D eigenvalue weighted by Gasteiger charge is -2.64. The largest absolute Gasteiger partial charge is 0.481 e. The number of amides is 1. The molecule has 5 N–H and O–H groups in total. The van der Waals surface area contributed by atoms with Crippen molar-refractivity contribution in [3.8, 4) is 0 Å². The predicted molar refractivity (Wildman–Crippen MR) is 121 cm³/mol. The molecule has 4 fully saturated rings. The summed E-state index contributed by atoms with van der Waals surface area (Å²) in [6, 6.07) is -0.342. The fourth-order valence-corrected chi connectivity index (χ4v) is 8.28. The molecule has 0 radical (unpaired) electrons. The van der Waals surface area contributed by atoms with Gasteiger partial charge in [-0.2, -0.15) is 0 Å². The van der Waals surface area contributed by atoms with Crippen LogP contribution in [0.3, 0.4) is 0 Å². The third-order valence-corrected chi connectivity index (χ3v) is 10.6. The molecule has 0 bridgehead atoms. The quantitative estimate of drug-likeness (QED) is 0.518. The van der Waals surface area contributed by atoms with Gasteiger partial charge in [0.05, 0.1) is 18.1 Å². The molecule has 7 heteroatoms. The minimum Gasteiger partial charge on any atom is -0.481 e. The molecule has 0 aliphatic heterocycles. The number of carboxylic acid groups (broad SMARTS) is 1. The number of ether oxygens (including phenoxy) is 1. The van der Waals surface area contributed by atoms with Gasteiger partial charge in [0.25, 0.3) is 0 Å². The Morgan fingerprint density at radius 3 is 2.41 bits per heavy atom. The summed E-state index contributed by atoms with van der Waals surface area (Å²) in [7, 11) is 0. The fourth-order valence-electron chi connectivity index (χ4n) is 8.28. The van der Waals surface area contributed by atoms with Crippen molar-refractivity contribution in [1.29, 1.82) is 0 Å². The average molecular weight is 451 g/mol. The second-order valence-electron chi connectivity index (χ2n) is 11.9. The number of hydrogen-bond acceptors (Lipinski definition) is 5. The van der Waals surface area contributed by atoms with E-state index in [0.717, 1.165) is 51.4 Å². The summed E-state index contributed by atoms with van der Waals surface area (Å²) in [5.41, 5.74) is 6.62. The summed E-state index contributed by atoms with van der Waals surface area (Å²) >= 11 is 0. The Morgan fingerprint density at radius 1 is 1.03 bits per heavy atom. The number of carbonyl (C=O) groups excluding carboxylic acids is 1. The average Bonchev–Trinajstić information content (AvgIpc) is 2.99. The van der Waals surface area contributed by atoms with Crippen molar-refractivity contribution in [2.75, 3.05) is 0 Å². The number of alkyl carbamates (subject to hydrolysis) is 1. The third kappa shape index (κ3) is 3.54. The Kier molecular flexibility index (Phi) is 6.07. The Hall–Kier alpha value is -1.34. The van der Waals surface area contributed by atoms with E-state index in [2.05, 4.69) is 19.2 Å². The number of nitrogens with two attached hydrogens (primary N) is 1. The minimum atomic E-state index is -0.681. The standard InChI is InChI=1S/C25H42N2O5/c1-14(15(2)28)27-22(31)32-17-7-10-23(3)16(13-17)5-6-19-18(23)8-11-24(4)20(21(29)30)9-12-25(19,24)26/h14-20,28H,5-13,26H2,1-4H3,(H,27,31)(H,29,30)/t14?,15?,16?,17?,18-,19-,20?,23+,24-,25-/m1/s1. The summed E-state index contributed by atoms with van der Waals surface area (Å²) in [5, 5.41) is 22.2. The van der Waals surface area contributed by atoms with Gasteiger partial charge in [-0.05, 0) is 100 Å². The number of nitrogens with one attached hydrogen (secondary N) is 1. The first-order chi connectivity index (χ1) is 14.9. The van der Waals surface area contributed by atoms with Gasteiger partial charge in [0, 0.05) is 5.54 Å². The molecule has 4 aliphatic carbocycles. The van der Waals surface area contributed by atoms with Crippen LogP contribution in [0.1, 0.15) is 85.5 Å². The molecule has 0 saturated heterocycles. The normalized spacial score (nSPS) is 47.4. The van der Waals surface area contributed by atoms with Crippen LogP contribution in [0.4, 0.5) is 4.79 Å². The molecule has 0 aromatic carbocycles. The lowest BCUT2D eigenvalue weighted by atomic mass is 9.42. The van der Waals surface area contributed by atoms with Gasteiger partial charge >= 0.3 is 12.1 Å². The van der Waals surface area contributed by atoms with E-state index in [1.54, 1.807) is 13.8 Å². The van der Waals surface area contributed by atoms with Gasteiger partial charge < -0.3 is 26.0 Å². The van der Waals surface area contributed by atoms with Gasteiger partial charge in [-0.25, -0.2) is 4.79 Å². The molecule has 4 aliphatic rings. The molecular formula is C25H42N2O5. The fraction of sp³-hybridized carbons (Fsp3) is 0.920. The van der Waals surface area contributed by atoms with Crippen molar-refractivity contribution in [3.63, 3.8) is 0 Å². The Balaban J connectivity index is 1.45. The van der Waals surface area contributed by atoms with Crippen LogP contribution < -0.4 is 11.1 Å². The van der Waals surface area contributed by atoms with Crippen LogP contribution in [0.15, 0.2) is 0 Å². The van der Waals surface area contributed by atoms with E-state index in [1.165, 1.54) is 0 Å². The van der Waals surface area contributed by atoms with Gasteiger partial charge in [0.15, 0.2) is 0 Å². The van der Waals surface area contributed by atoms with E-state index in [0.29, 0.717) is 24.2 Å². The zero-order valence-corrected chi connectivity index (χ0v) is 20.1. The van der Waals surface area contributed by atoms with Crippen LogP contribution in [0, 0.1) is 34.5 Å². The number of aliphatic hydroxyl groups is 1. The predicted octanol–water partition coefficient (Wildman–Crippen LogP) is 3.68. The molecule has 4 saturated carbocycles. The highest BCUT2D eigenvalue weighted by Gasteiger charge is 2.67. The van der Waals surface area contributed by atoms with Crippen LogP contribution >= 0.6 is 0 Å². The van der Waals surface area contributed by atoms with Crippen LogP contribution in [0.2, 0.25) is 0 Å². The van der Waals surface area contributed by atoms with Crippen LogP contribution in [0.25, 0.3) is 0 Å². The van der Waals surface area contributed by atoms with E-state index >= 15 is 0 Å². The summed E-state index contributed by atoms with van der Waals surface area (Å²) in [5.74, 6) is 0.371. The first-order valence-corrected chi connectivity index (χ1v) is 12.6. The van der Waals surface area contributed by atoms with Crippen LogP contribution in [0.5, 0.6) is 0 Å². The number of aliphatic hydroxyl groups excluding tert-OH is 1. The van der Waals surface area contributed by atoms with Gasteiger partial charge in [0.1, 0.15) is 6.10 Å². The van der Waals surface area contributed by atoms with Crippen molar-refractivity contribution in [2.45, 2.75) is 109 Å². The monoisotopic (exact) mass is 450 g/mol. The molecule has 0 aromatic heterocycles. The van der Waals surface area contributed by atoms with Crippen LogP contribution in [-0.4, -0.2) is 46.1 Å². The van der Waals surface area contributed by atoms with E-state index in [9.17, 15) is 19.8 Å². The van der Waals surface area contributed by atoms with E-state index < -0.39 is 23.7 Å². The van der Waals surface area contributed by atoms with E-state index in [4.69, 9.17) is 10.5 Å². The first-order valence-electron chi connectivity index (χ1n) is 12.6. The van der Waals surface area contributed by atoms with Gasteiger partial charge in [-0.1, -0.05) is 13.8 Å². The second-order valence-corrected chi connectivity index (χ2v) is 11.9. The SMILES string of the molecule is CC(O)C(C)NC(=O)OC1CC[C@@]2(C)C(CC[C@@H]3[C@H]2CC[C@]2(C)C(C(=O)O)CC[C@@]32N)C1. The molecule has 182 valence electrons. The summed E-state index contributed by atoms with van der Waals surface area (Å²) in [6.45, 7) is 7.97. The van der Waals surface area contributed by atoms with Crippen molar-refractivity contribution >= 4 is 12.1 Å². The van der Waals surface area contributed by atoms with E-state index in [1.807, 2.05) is 0 Å². The molecule has 0 spiro atoms. The smallest absolute Gasteiger partial charge is 0.407 e. The highest BCUT2D eigenvalue weighted by atomic mass is 16.6. The molecule has 0 aromatic rings. The molecule has 4 rings (SSSR count). The van der Waals surface area contributed by atoms with Crippen molar-refractivity contribution in [1.82, 2.24) is 5.32 Å². The van der Waals surface area contributed by atoms with Crippen LogP contribution in [-0.2, 0) is 9.53 Å². The molecule has 5 unspecified atom stereocenters. The van der Waals surface area contributed by atoms with Crippen molar-refractivity contribution in [2.24, 2.45) is 40.2 Å². The third-order valence-electron chi connectivity index (χ3n) is 10.6. The maximum Gasteiger partial charge on any atom is 0.407 e. The van der Waals surface area contributed by atoms with E-state index in [-0.39, 0.29) is 28.9 Å². The number of rotatable bonds is 4. The summed E-state index contributed by atoms with van der Waals surface area (Å²) in [6.07, 6.45) is 7.15. The molecule has 0 heterocycles. The maximum atomic E-state index is 12.3. The number of aliphatic carboxylic acids is 1. The number of hydrogen-bond donors (Lipinski definition) is 4. The molecule has 10 atom stereocenters. The Labute approximate surface area is 191 Å². The molecule has 7 nitrogen and oxygen atoms in total. The highest BCUT2D eigenvalue weighted by molar-refractivity contribution is 5.72.